The molecule has 0 saturated carbocycles. The van der Waals surface area contributed by atoms with Gasteiger partial charge in [-0.25, -0.2) is 0 Å². The molecule has 1 heterocycles. The van der Waals surface area contributed by atoms with Gasteiger partial charge in [-0.15, -0.1) is 0 Å². The first-order chi connectivity index (χ1) is 6.79. The summed E-state index contributed by atoms with van der Waals surface area (Å²) in [5, 5.41) is 8.60. The molecular formula is C10H10N2O2. The monoisotopic (exact) mass is 190 g/mol. The molecule has 0 amide bonds. The fourth-order valence-corrected chi connectivity index (χ4v) is 1.25. The van der Waals surface area contributed by atoms with Gasteiger partial charge in [-0.3, -0.25) is 0 Å². The summed E-state index contributed by atoms with van der Waals surface area (Å²) in [5.41, 5.74) is 7.76. The highest BCUT2D eigenvalue weighted by molar-refractivity contribution is 5.77. The molecular weight excluding hydrogens is 180 g/mol. The topological polar surface area (TPSA) is 72.3 Å². The second kappa shape index (κ2) is 3.51. The van der Waals surface area contributed by atoms with E-state index in [1.54, 1.807) is 12.1 Å². The number of benzene rings is 1. The number of rotatable bonds is 2. The molecule has 0 fully saturated rings. The third-order valence-electron chi connectivity index (χ3n) is 1.84. The van der Waals surface area contributed by atoms with Gasteiger partial charge in [-0.05, 0) is 17.7 Å². The number of anilines is 1. The van der Waals surface area contributed by atoms with E-state index in [1.807, 2.05) is 18.2 Å². The minimum absolute atomic E-state index is 0.0268. The van der Waals surface area contributed by atoms with Gasteiger partial charge in [0.05, 0.1) is 6.61 Å². The second-order valence-corrected chi connectivity index (χ2v) is 2.86. The predicted octanol–water partition coefficient (Wildman–Crippen LogP) is 1.42. The standard InChI is InChI=1S/C10H10N2O2/c11-10-12-8-6-7(2-1-5-13)3-4-9(8)14-10/h1-4,6,13H,5H2,(H2,11,12). The Balaban J connectivity index is 2.45. The predicted molar refractivity (Wildman–Crippen MR) is 54.5 cm³/mol. The molecule has 4 nitrogen and oxygen atoms in total. The van der Waals surface area contributed by atoms with Crippen LogP contribution in [0.15, 0.2) is 28.7 Å². The van der Waals surface area contributed by atoms with E-state index in [4.69, 9.17) is 15.3 Å². The Morgan fingerprint density at radius 3 is 3.14 bits per heavy atom. The zero-order valence-electron chi connectivity index (χ0n) is 7.47. The fraction of sp³-hybridized carbons (Fsp3) is 0.100. The van der Waals surface area contributed by atoms with Gasteiger partial charge < -0.3 is 15.3 Å². The first-order valence-electron chi connectivity index (χ1n) is 4.23. The van der Waals surface area contributed by atoms with Crippen molar-refractivity contribution >= 4 is 23.2 Å². The van der Waals surface area contributed by atoms with Crippen molar-refractivity contribution in [2.75, 3.05) is 12.3 Å². The van der Waals surface area contributed by atoms with Crippen LogP contribution in [-0.4, -0.2) is 16.7 Å². The van der Waals surface area contributed by atoms with Crippen molar-refractivity contribution < 1.29 is 9.52 Å². The summed E-state index contributed by atoms with van der Waals surface area (Å²) in [4.78, 5) is 4.00. The van der Waals surface area contributed by atoms with Crippen molar-refractivity contribution in [2.45, 2.75) is 0 Å². The lowest BCUT2D eigenvalue weighted by Gasteiger charge is -1.91. The minimum Gasteiger partial charge on any atom is -0.424 e. The number of nitrogens with zero attached hydrogens (tertiary/aromatic N) is 1. The summed E-state index contributed by atoms with van der Waals surface area (Å²) in [7, 11) is 0. The molecule has 0 aliphatic carbocycles. The van der Waals surface area contributed by atoms with Crippen LogP contribution >= 0.6 is 0 Å². The van der Waals surface area contributed by atoms with Crippen LogP contribution in [0, 0.1) is 0 Å². The van der Waals surface area contributed by atoms with Crippen LogP contribution < -0.4 is 5.73 Å². The van der Waals surface area contributed by atoms with Gasteiger partial charge in [0.1, 0.15) is 5.52 Å². The van der Waals surface area contributed by atoms with Gasteiger partial charge >= 0.3 is 0 Å². The Morgan fingerprint density at radius 2 is 2.36 bits per heavy atom. The van der Waals surface area contributed by atoms with Crippen LogP contribution in [-0.2, 0) is 0 Å². The first-order valence-corrected chi connectivity index (χ1v) is 4.23. The lowest BCUT2D eigenvalue weighted by molar-refractivity contribution is 0.343. The smallest absolute Gasteiger partial charge is 0.292 e. The van der Waals surface area contributed by atoms with Gasteiger partial charge in [-0.1, -0.05) is 18.2 Å². The average molecular weight is 190 g/mol. The van der Waals surface area contributed by atoms with E-state index >= 15 is 0 Å². The lowest BCUT2D eigenvalue weighted by Crippen LogP contribution is -1.80. The molecule has 2 rings (SSSR count). The van der Waals surface area contributed by atoms with E-state index in [9.17, 15) is 0 Å². The summed E-state index contributed by atoms with van der Waals surface area (Å²) in [6, 6.07) is 5.69. The summed E-state index contributed by atoms with van der Waals surface area (Å²) >= 11 is 0. The zero-order valence-corrected chi connectivity index (χ0v) is 7.47. The highest BCUT2D eigenvalue weighted by Gasteiger charge is 2.01. The quantitative estimate of drug-likeness (QED) is 0.751. The Bertz CT molecular complexity index is 474. The third-order valence-corrected chi connectivity index (χ3v) is 1.84. The SMILES string of the molecule is Nc1nc2cc(C=CCO)ccc2o1. The van der Waals surface area contributed by atoms with Crippen molar-refractivity contribution in [3.8, 4) is 0 Å². The van der Waals surface area contributed by atoms with Crippen molar-refractivity contribution in [1.29, 1.82) is 0 Å². The molecule has 0 radical (unpaired) electrons. The number of hydrogen-bond donors (Lipinski definition) is 2. The van der Waals surface area contributed by atoms with Crippen molar-refractivity contribution in [3.63, 3.8) is 0 Å². The molecule has 14 heavy (non-hydrogen) atoms. The molecule has 72 valence electrons. The summed E-state index contributed by atoms with van der Waals surface area (Å²) < 4.78 is 5.12. The van der Waals surface area contributed by atoms with Crippen molar-refractivity contribution in [2.24, 2.45) is 0 Å². The minimum atomic E-state index is 0.0268. The van der Waals surface area contributed by atoms with E-state index in [0.717, 1.165) is 11.1 Å². The molecule has 0 unspecified atom stereocenters. The van der Waals surface area contributed by atoms with Crippen LogP contribution in [0.3, 0.4) is 0 Å². The number of aliphatic hydroxyl groups is 1. The molecule has 2 aromatic rings. The molecule has 1 aromatic heterocycles. The Hall–Kier alpha value is -1.81. The zero-order chi connectivity index (χ0) is 9.97. The van der Waals surface area contributed by atoms with E-state index in [0.29, 0.717) is 5.58 Å². The maximum absolute atomic E-state index is 8.60. The fourth-order valence-electron chi connectivity index (χ4n) is 1.25. The first kappa shape index (κ1) is 8.77. The van der Waals surface area contributed by atoms with Crippen LogP contribution in [0.4, 0.5) is 6.01 Å². The van der Waals surface area contributed by atoms with Crippen LogP contribution in [0.25, 0.3) is 17.2 Å². The summed E-state index contributed by atoms with van der Waals surface area (Å²) in [6.45, 7) is 0.0268. The Morgan fingerprint density at radius 1 is 1.50 bits per heavy atom. The molecule has 1 aromatic carbocycles. The largest absolute Gasteiger partial charge is 0.424 e. The molecule has 0 bridgehead atoms. The van der Waals surface area contributed by atoms with Crippen molar-refractivity contribution in [3.05, 3.63) is 29.8 Å². The number of hydrogen-bond acceptors (Lipinski definition) is 4. The lowest BCUT2D eigenvalue weighted by atomic mass is 10.2. The molecule has 4 heteroatoms. The molecule has 3 N–H and O–H groups in total. The third kappa shape index (κ3) is 1.60. The van der Waals surface area contributed by atoms with Gasteiger partial charge in [-0.2, -0.15) is 4.98 Å². The van der Waals surface area contributed by atoms with Crippen molar-refractivity contribution in [1.82, 2.24) is 4.98 Å². The molecule has 0 atom stereocenters. The maximum atomic E-state index is 8.60. The highest BCUT2D eigenvalue weighted by atomic mass is 16.4. The Kier molecular flexibility index (Phi) is 2.20. The number of aromatic nitrogens is 1. The van der Waals surface area contributed by atoms with Gasteiger partial charge in [0, 0.05) is 0 Å². The average Bonchev–Trinajstić information content (AvgIpc) is 2.54. The Labute approximate surface area is 80.7 Å². The number of fused-ring (bicyclic) bond motifs is 1. The van der Waals surface area contributed by atoms with Gasteiger partial charge in [0.15, 0.2) is 5.58 Å². The van der Waals surface area contributed by atoms with E-state index in [1.165, 1.54) is 0 Å². The number of nitrogen functional groups attached to an aromatic ring is 1. The highest BCUT2D eigenvalue weighted by Crippen LogP contribution is 2.18. The van der Waals surface area contributed by atoms with Crippen LogP contribution in [0.5, 0.6) is 0 Å². The summed E-state index contributed by atoms with van der Waals surface area (Å²) in [5.74, 6) is 0. The van der Waals surface area contributed by atoms with Gasteiger partial charge in [0.25, 0.3) is 6.01 Å². The number of nitrogens with two attached hydrogens (primary N) is 1. The molecule has 0 aliphatic rings. The van der Waals surface area contributed by atoms with E-state index in [2.05, 4.69) is 4.98 Å². The van der Waals surface area contributed by atoms with Crippen LogP contribution in [0.2, 0.25) is 0 Å². The summed E-state index contributed by atoms with van der Waals surface area (Å²) in [6.07, 6.45) is 3.47. The number of aliphatic hydroxyl groups excluding tert-OH is 1. The number of oxazole rings is 1. The second-order valence-electron chi connectivity index (χ2n) is 2.86. The van der Waals surface area contributed by atoms with Crippen LogP contribution in [0.1, 0.15) is 5.56 Å². The normalized spacial score (nSPS) is 11.5. The van der Waals surface area contributed by atoms with Gasteiger partial charge in [0.2, 0.25) is 0 Å². The maximum Gasteiger partial charge on any atom is 0.292 e. The molecule has 0 aliphatic heterocycles. The van der Waals surface area contributed by atoms with E-state index in [-0.39, 0.29) is 12.6 Å². The molecule has 0 spiro atoms. The van der Waals surface area contributed by atoms with E-state index < -0.39 is 0 Å². The molecule has 0 saturated heterocycles.